The SMILES string of the molecule is CNCCCC1Cc2ccccc2N(c2ccccc2)S1=O. The minimum Gasteiger partial charge on any atom is -0.320 e. The van der Waals surface area contributed by atoms with Gasteiger partial charge in [0.1, 0.15) is 11.0 Å². The smallest absolute Gasteiger partial charge is 0.127 e. The molecule has 1 aliphatic rings. The molecule has 0 aliphatic carbocycles. The molecule has 0 amide bonds. The highest BCUT2D eigenvalue weighted by Gasteiger charge is 2.31. The molecule has 3 nitrogen and oxygen atoms in total. The van der Waals surface area contributed by atoms with Crippen LogP contribution in [0, 0.1) is 0 Å². The number of hydrogen-bond donors (Lipinski definition) is 1. The molecule has 1 heterocycles. The molecule has 0 fully saturated rings. The van der Waals surface area contributed by atoms with Crippen LogP contribution in [0.15, 0.2) is 54.6 Å². The highest BCUT2D eigenvalue weighted by Crippen LogP contribution is 2.37. The van der Waals surface area contributed by atoms with Gasteiger partial charge in [-0.25, -0.2) is 4.21 Å². The zero-order valence-corrected chi connectivity index (χ0v) is 13.7. The third kappa shape index (κ3) is 3.08. The van der Waals surface area contributed by atoms with Crippen molar-refractivity contribution in [1.29, 1.82) is 0 Å². The van der Waals surface area contributed by atoms with Crippen molar-refractivity contribution in [3.8, 4) is 0 Å². The first-order valence-corrected chi connectivity index (χ1v) is 8.96. The summed E-state index contributed by atoms with van der Waals surface area (Å²) in [5, 5.41) is 3.36. The van der Waals surface area contributed by atoms with Crippen molar-refractivity contribution in [3.63, 3.8) is 0 Å². The zero-order chi connectivity index (χ0) is 15.4. The van der Waals surface area contributed by atoms with E-state index in [9.17, 15) is 4.21 Å². The molecule has 3 rings (SSSR count). The van der Waals surface area contributed by atoms with Crippen LogP contribution in [0.3, 0.4) is 0 Å². The minimum atomic E-state index is -1.03. The fourth-order valence-corrected chi connectivity index (χ4v) is 4.65. The predicted octanol–water partition coefficient (Wildman–Crippen LogP) is 3.41. The first-order valence-electron chi connectivity index (χ1n) is 7.79. The van der Waals surface area contributed by atoms with Crippen LogP contribution in [0.25, 0.3) is 0 Å². The normalized spacial score (nSPS) is 20.7. The number of hydrogen-bond acceptors (Lipinski definition) is 2. The summed E-state index contributed by atoms with van der Waals surface area (Å²) in [6.07, 6.45) is 2.93. The summed E-state index contributed by atoms with van der Waals surface area (Å²) in [5.41, 5.74) is 3.38. The number of para-hydroxylation sites is 2. The summed E-state index contributed by atoms with van der Waals surface area (Å²) in [5.74, 6) is 0. The Morgan fingerprint density at radius 3 is 2.64 bits per heavy atom. The first-order chi connectivity index (χ1) is 10.8. The molecule has 4 heteroatoms. The number of anilines is 2. The average molecular weight is 314 g/mol. The van der Waals surface area contributed by atoms with E-state index in [1.807, 2.05) is 47.8 Å². The number of benzene rings is 2. The molecule has 1 N–H and O–H groups in total. The molecule has 0 saturated carbocycles. The van der Waals surface area contributed by atoms with Gasteiger partial charge in [-0.05, 0) is 56.6 Å². The van der Waals surface area contributed by atoms with E-state index in [-0.39, 0.29) is 5.25 Å². The topological polar surface area (TPSA) is 32.3 Å². The van der Waals surface area contributed by atoms with E-state index in [4.69, 9.17) is 0 Å². The van der Waals surface area contributed by atoms with Crippen LogP contribution in [0.1, 0.15) is 18.4 Å². The maximum Gasteiger partial charge on any atom is 0.127 e. The molecular weight excluding hydrogens is 292 g/mol. The van der Waals surface area contributed by atoms with Gasteiger partial charge in [-0.15, -0.1) is 0 Å². The molecule has 2 aromatic rings. The second-order valence-corrected chi connectivity index (χ2v) is 7.19. The van der Waals surface area contributed by atoms with Crippen molar-refractivity contribution in [2.45, 2.75) is 24.5 Å². The lowest BCUT2D eigenvalue weighted by molar-refractivity contribution is 0.617. The Bertz CT molecular complexity index is 645. The summed E-state index contributed by atoms with van der Waals surface area (Å²) in [6.45, 7) is 0.973. The molecule has 22 heavy (non-hydrogen) atoms. The average Bonchev–Trinajstić information content (AvgIpc) is 2.56. The standard InChI is InChI=1S/C18H22N2OS/c1-19-13-7-11-17-14-15-8-5-6-12-18(15)20(22(17)21)16-9-3-2-4-10-16/h2-6,8-10,12,17,19H,7,11,13-14H2,1H3. The Balaban J connectivity index is 1.94. The fourth-order valence-electron chi connectivity index (χ4n) is 2.96. The second-order valence-electron chi connectivity index (χ2n) is 5.61. The highest BCUT2D eigenvalue weighted by atomic mass is 32.2. The first kappa shape index (κ1) is 15.3. The van der Waals surface area contributed by atoms with Crippen LogP contribution in [0.2, 0.25) is 0 Å². The van der Waals surface area contributed by atoms with Gasteiger partial charge in [0.05, 0.1) is 16.6 Å². The Morgan fingerprint density at radius 2 is 1.86 bits per heavy atom. The number of nitrogens with one attached hydrogen (secondary N) is 1. The second kappa shape index (κ2) is 7.07. The van der Waals surface area contributed by atoms with Gasteiger partial charge in [0.15, 0.2) is 0 Å². The van der Waals surface area contributed by atoms with Crippen molar-refractivity contribution in [3.05, 3.63) is 60.2 Å². The molecule has 2 unspecified atom stereocenters. The van der Waals surface area contributed by atoms with Crippen LogP contribution in [0.4, 0.5) is 11.4 Å². The third-order valence-electron chi connectivity index (χ3n) is 4.07. The van der Waals surface area contributed by atoms with Crippen LogP contribution in [0.5, 0.6) is 0 Å². The summed E-state index contributed by atoms with van der Waals surface area (Å²) >= 11 is 0. The minimum absolute atomic E-state index is 0.184. The van der Waals surface area contributed by atoms with Crippen LogP contribution in [-0.2, 0) is 17.4 Å². The Hall–Kier alpha value is -1.65. The van der Waals surface area contributed by atoms with Gasteiger partial charge in [0.2, 0.25) is 0 Å². The molecule has 0 radical (unpaired) electrons. The van der Waals surface area contributed by atoms with E-state index in [0.29, 0.717) is 0 Å². The van der Waals surface area contributed by atoms with E-state index >= 15 is 0 Å². The Kier molecular flexibility index (Phi) is 4.90. The number of nitrogens with zero attached hydrogens (tertiary/aromatic N) is 1. The lowest BCUT2D eigenvalue weighted by atomic mass is 10.0. The van der Waals surface area contributed by atoms with E-state index in [0.717, 1.165) is 37.2 Å². The van der Waals surface area contributed by atoms with E-state index in [1.165, 1.54) is 5.56 Å². The van der Waals surface area contributed by atoms with Crippen molar-refractivity contribution in [2.75, 3.05) is 17.9 Å². The van der Waals surface area contributed by atoms with Crippen LogP contribution >= 0.6 is 0 Å². The molecule has 0 aromatic heterocycles. The maximum atomic E-state index is 13.1. The molecule has 1 aliphatic heterocycles. The zero-order valence-electron chi connectivity index (χ0n) is 12.9. The number of fused-ring (bicyclic) bond motifs is 1. The molecule has 0 spiro atoms. The van der Waals surface area contributed by atoms with Crippen molar-refractivity contribution in [2.24, 2.45) is 0 Å². The molecular formula is C18H22N2OS. The van der Waals surface area contributed by atoms with Crippen LogP contribution in [-0.4, -0.2) is 23.1 Å². The number of rotatable bonds is 5. The van der Waals surface area contributed by atoms with E-state index in [1.54, 1.807) is 0 Å². The summed E-state index contributed by atoms with van der Waals surface area (Å²) < 4.78 is 15.1. The largest absolute Gasteiger partial charge is 0.320 e. The highest BCUT2D eigenvalue weighted by molar-refractivity contribution is 7.87. The van der Waals surface area contributed by atoms with Crippen molar-refractivity contribution >= 4 is 22.4 Å². The van der Waals surface area contributed by atoms with Gasteiger partial charge in [0.25, 0.3) is 0 Å². The maximum absolute atomic E-state index is 13.1. The lowest BCUT2D eigenvalue weighted by Gasteiger charge is -2.34. The van der Waals surface area contributed by atoms with Gasteiger partial charge in [-0.1, -0.05) is 36.4 Å². The van der Waals surface area contributed by atoms with Gasteiger partial charge in [0, 0.05) is 0 Å². The molecule has 0 bridgehead atoms. The summed E-state index contributed by atoms with van der Waals surface area (Å²) in [4.78, 5) is 0. The fraction of sp³-hybridized carbons (Fsp3) is 0.333. The summed E-state index contributed by atoms with van der Waals surface area (Å²) in [7, 11) is 0.936. The lowest BCUT2D eigenvalue weighted by Crippen LogP contribution is -2.36. The van der Waals surface area contributed by atoms with Gasteiger partial charge in [-0.2, -0.15) is 0 Å². The predicted molar refractivity (Wildman–Crippen MR) is 93.8 cm³/mol. The summed E-state index contributed by atoms with van der Waals surface area (Å²) in [6, 6.07) is 18.4. The Morgan fingerprint density at radius 1 is 1.14 bits per heavy atom. The molecule has 2 atom stereocenters. The molecule has 116 valence electrons. The van der Waals surface area contributed by atoms with E-state index < -0.39 is 11.0 Å². The third-order valence-corrected chi connectivity index (χ3v) is 5.81. The van der Waals surface area contributed by atoms with Crippen molar-refractivity contribution in [1.82, 2.24) is 5.32 Å². The van der Waals surface area contributed by atoms with Crippen molar-refractivity contribution < 1.29 is 4.21 Å². The van der Waals surface area contributed by atoms with Crippen LogP contribution < -0.4 is 9.62 Å². The molecule has 2 aromatic carbocycles. The van der Waals surface area contributed by atoms with E-state index in [2.05, 4.69) is 23.5 Å². The molecule has 0 saturated heterocycles. The Labute approximate surface area is 134 Å². The monoisotopic (exact) mass is 314 g/mol. The quantitative estimate of drug-likeness (QED) is 0.858. The van der Waals surface area contributed by atoms with Gasteiger partial charge < -0.3 is 5.32 Å². The van der Waals surface area contributed by atoms with Gasteiger partial charge in [-0.3, -0.25) is 4.31 Å². The van der Waals surface area contributed by atoms with Gasteiger partial charge >= 0.3 is 0 Å².